The number of hydrogen-bond acceptors (Lipinski definition) is 2. The van der Waals surface area contributed by atoms with Crippen molar-refractivity contribution in [2.24, 2.45) is 5.92 Å². The van der Waals surface area contributed by atoms with Gasteiger partial charge in [-0.2, -0.15) is 0 Å². The quantitative estimate of drug-likeness (QED) is 0.881. The molecule has 1 aromatic carbocycles. The molecule has 1 amide bonds. The predicted octanol–water partition coefficient (Wildman–Crippen LogP) is 2.54. The van der Waals surface area contributed by atoms with E-state index in [0.717, 1.165) is 18.4 Å². The van der Waals surface area contributed by atoms with Gasteiger partial charge in [0.25, 0.3) is 5.91 Å². The number of nitrogens with one attached hydrogen (secondary N) is 1. The third kappa shape index (κ3) is 2.68. The molecule has 0 heterocycles. The Morgan fingerprint density at radius 3 is 2.72 bits per heavy atom. The van der Waals surface area contributed by atoms with E-state index in [1.807, 2.05) is 13.8 Å². The third-order valence-electron chi connectivity index (χ3n) is 3.64. The van der Waals surface area contributed by atoms with Crippen LogP contribution in [-0.4, -0.2) is 23.2 Å². The second-order valence-electron chi connectivity index (χ2n) is 5.26. The van der Waals surface area contributed by atoms with Crippen molar-refractivity contribution in [3.05, 3.63) is 34.3 Å². The summed E-state index contributed by atoms with van der Waals surface area (Å²) < 4.78 is 0. The summed E-state index contributed by atoms with van der Waals surface area (Å²) in [6.45, 7) is 3.72. The number of aryl methyl sites for hydroxylation is 1. The van der Waals surface area contributed by atoms with E-state index in [2.05, 4.69) is 5.32 Å². The zero-order chi connectivity index (χ0) is 13.3. The second kappa shape index (κ2) is 4.90. The molecular formula is C14H18ClNO2. The second-order valence-corrected chi connectivity index (χ2v) is 5.70. The fraction of sp³-hybridized carbons (Fsp3) is 0.500. The zero-order valence-electron chi connectivity index (χ0n) is 10.7. The molecule has 98 valence electrons. The van der Waals surface area contributed by atoms with Crippen molar-refractivity contribution < 1.29 is 9.90 Å². The Bertz CT molecular complexity index is 471. The molecule has 0 bridgehead atoms. The molecule has 2 rings (SSSR count). The van der Waals surface area contributed by atoms with E-state index in [1.165, 1.54) is 0 Å². The Morgan fingerprint density at radius 1 is 1.56 bits per heavy atom. The topological polar surface area (TPSA) is 49.3 Å². The maximum atomic E-state index is 12.2. The summed E-state index contributed by atoms with van der Waals surface area (Å²) in [5.41, 5.74) is 0.944. The number of rotatable bonds is 4. The summed E-state index contributed by atoms with van der Waals surface area (Å²) in [7, 11) is 0. The summed E-state index contributed by atoms with van der Waals surface area (Å²) in [5, 5.41) is 13.0. The van der Waals surface area contributed by atoms with Crippen LogP contribution in [0.2, 0.25) is 5.02 Å². The standard InChI is InChI=1S/C14H18ClNO2/c1-9-7-11(15)5-6-12(9)13(18)16-14(2,8-17)10-3-4-10/h5-7,10,17H,3-4,8H2,1-2H3,(H,16,18)/t14-/m0/s1. The van der Waals surface area contributed by atoms with Crippen LogP contribution in [-0.2, 0) is 0 Å². The monoisotopic (exact) mass is 267 g/mol. The molecule has 1 aliphatic rings. The first-order valence-corrected chi connectivity index (χ1v) is 6.53. The van der Waals surface area contributed by atoms with Gasteiger partial charge in [0.15, 0.2) is 0 Å². The van der Waals surface area contributed by atoms with Gasteiger partial charge in [-0.1, -0.05) is 11.6 Å². The largest absolute Gasteiger partial charge is 0.394 e. The Hall–Kier alpha value is -1.06. The molecule has 0 spiro atoms. The molecule has 1 fully saturated rings. The van der Waals surface area contributed by atoms with Crippen LogP contribution in [0.25, 0.3) is 0 Å². The lowest BCUT2D eigenvalue weighted by Crippen LogP contribution is -2.50. The van der Waals surface area contributed by atoms with E-state index in [-0.39, 0.29) is 12.5 Å². The number of aliphatic hydroxyl groups excluding tert-OH is 1. The number of carbonyl (C=O) groups is 1. The molecule has 1 saturated carbocycles. The first-order chi connectivity index (χ1) is 8.46. The number of hydrogen-bond donors (Lipinski definition) is 2. The molecule has 4 heteroatoms. The highest BCUT2D eigenvalue weighted by molar-refractivity contribution is 6.30. The van der Waals surface area contributed by atoms with Crippen molar-refractivity contribution in [3.63, 3.8) is 0 Å². The van der Waals surface area contributed by atoms with E-state index in [1.54, 1.807) is 18.2 Å². The molecule has 0 saturated heterocycles. The van der Waals surface area contributed by atoms with Crippen LogP contribution < -0.4 is 5.32 Å². The molecule has 0 unspecified atom stereocenters. The van der Waals surface area contributed by atoms with Gasteiger partial charge in [0.1, 0.15) is 0 Å². The maximum absolute atomic E-state index is 12.2. The van der Waals surface area contributed by atoms with Gasteiger partial charge in [-0.25, -0.2) is 0 Å². The molecule has 0 radical (unpaired) electrons. The van der Waals surface area contributed by atoms with Gasteiger partial charge in [0.05, 0.1) is 12.1 Å². The molecule has 1 aliphatic carbocycles. The van der Waals surface area contributed by atoms with Crippen molar-refractivity contribution in [1.82, 2.24) is 5.32 Å². The summed E-state index contributed by atoms with van der Waals surface area (Å²) in [5.74, 6) is 0.242. The number of carbonyl (C=O) groups excluding carboxylic acids is 1. The highest BCUT2D eigenvalue weighted by atomic mass is 35.5. The van der Waals surface area contributed by atoms with Gasteiger partial charge < -0.3 is 10.4 Å². The Balaban J connectivity index is 2.16. The van der Waals surface area contributed by atoms with Gasteiger partial charge in [-0.3, -0.25) is 4.79 Å². The van der Waals surface area contributed by atoms with Crippen LogP contribution in [0.15, 0.2) is 18.2 Å². The average molecular weight is 268 g/mol. The fourth-order valence-corrected chi connectivity index (χ4v) is 2.43. The molecule has 2 N–H and O–H groups in total. The number of aliphatic hydroxyl groups is 1. The minimum Gasteiger partial charge on any atom is -0.394 e. The van der Waals surface area contributed by atoms with Gasteiger partial charge in [-0.15, -0.1) is 0 Å². The highest BCUT2D eigenvalue weighted by Gasteiger charge is 2.42. The lowest BCUT2D eigenvalue weighted by molar-refractivity contribution is 0.0824. The fourth-order valence-electron chi connectivity index (χ4n) is 2.20. The van der Waals surface area contributed by atoms with Crippen molar-refractivity contribution in [3.8, 4) is 0 Å². The lowest BCUT2D eigenvalue weighted by Gasteiger charge is -2.29. The molecule has 18 heavy (non-hydrogen) atoms. The summed E-state index contributed by atoms with van der Waals surface area (Å²) in [4.78, 5) is 12.2. The average Bonchev–Trinajstić information content (AvgIpc) is 3.12. The normalized spacial score (nSPS) is 18.2. The van der Waals surface area contributed by atoms with Crippen molar-refractivity contribution in [2.75, 3.05) is 6.61 Å². The Morgan fingerprint density at radius 2 is 2.22 bits per heavy atom. The number of halogens is 1. The first-order valence-electron chi connectivity index (χ1n) is 6.16. The van der Waals surface area contributed by atoms with Crippen LogP contribution in [0.4, 0.5) is 0 Å². The minimum absolute atomic E-state index is 0.0317. The van der Waals surface area contributed by atoms with E-state index in [9.17, 15) is 9.90 Å². The number of amides is 1. The summed E-state index contributed by atoms with van der Waals surface area (Å²) in [6, 6.07) is 5.19. The maximum Gasteiger partial charge on any atom is 0.252 e. The van der Waals surface area contributed by atoms with Gasteiger partial charge in [0, 0.05) is 10.6 Å². The van der Waals surface area contributed by atoms with E-state index < -0.39 is 5.54 Å². The van der Waals surface area contributed by atoms with Crippen LogP contribution in [0.5, 0.6) is 0 Å². The summed E-state index contributed by atoms with van der Waals surface area (Å²) in [6.07, 6.45) is 2.13. The molecule has 3 nitrogen and oxygen atoms in total. The molecular weight excluding hydrogens is 250 g/mol. The predicted molar refractivity (Wildman–Crippen MR) is 71.9 cm³/mol. The highest BCUT2D eigenvalue weighted by Crippen LogP contribution is 2.39. The van der Waals surface area contributed by atoms with E-state index in [4.69, 9.17) is 11.6 Å². The first kappa shape index (κ1) is 13.4. The molecule has 1 aromatic rings. The summed E-state index contributed by atoms with van der Waals surface area (Å²) >= 11 is 5.87. The third-order valence-corrected chi connectivity index (χ3v) is 3.87. The van der Waals surface area contributed by atoms with Crippen molar-refractivity contribution in [1.29, 1.82) is 0 Å². The van der Waals surface area contributed by atoms with Gasteiger partial charge in [-0.05, 0) is 56.4 Å². The SMILES string of the molecule is Cc1cc(Cl)ccc1C(=O)N[C@@](C)(CO)C1CC1. The Labute approximate surface area is 112 Å². The van der Waals surface area contributed by atoms with Gasteiger partial charge >= 0.3 is 0 Å². The minimum atomic E-state index is -0.511. The number of benzene rings is 1. The Kier molecular flexibility index (Phi) is 3.64. The smallest absolute Gasteiger partial charge is 0.252 e. The van der Waals surface area contributed by atoms with Crippen molar-refractivity contribution in [2.45, 2.75) is 32.2 Å². The lowest BCUT2D eigenvalue weighted by atomic mass is 9.96. The van der Waals surface area contributed by atoms with E-state index >= 15 is 0 Å². The van der Waals surface area contributed by atoms with E-state index in [0.29, 0.717) is 16.5 Å². The van der Waals surface area contributed by atoms with Gasteiger partial charge in [0.2, 0.25) is 0 Å². The van der Waals surface area contributed by atoms with Crippen molar-refractivity contribution >= 4 is 17.5 Å². The van der Waals surface area contributed by atoms with Crippen LogP contribution in [0, 0.1) is 12.8 Å². The zero-order valence-corrected chi connectivity index (χ0v) is 11.4. The molecule has 0 aromatic heterocycles. The molecule has 0 aliphatic heterocycles. The molecule has 1 atom stereocenters. The van der Waals surface area contributed by atoms with Crippen LogP contribution in [0.1, 0.15) is 35.7 Å². The van der Waals surface area contributed by atoms with Crippen LogP contribution in [0.3, 0.4) is 0 Å². The van der Waals surface area contributed by atoms with Crippen LogP contribution >= 0.6 is 11.6 Å².